The van der Waals surface area contributed by atoms with Crippen LogP contribution in [-0.2, 0) is 16.0 Å². The summed E-state index contributed by atoms with van der Waals surface area (Å²) in [5.41, 5.74) is 2.32. The molecule has 2 amide bonds. The quantitative estimate of drug-likeness (QED) is 0.719. The molecule has 0 fully saturated rings. The van der Waals surface area contributed by atoms with Gasteiger partial charge in [-0.2, -0.15) is 0 Å². The Hall–Kier alpha value is -2.30. The van der Waals surface area contributed by atoms with Gasteiger partial charge in [0.2, 0.25) is 11.8 Å². The minimum atomic E-state index is -0.162. The van der Waals surface area contributed by atoms with Crippen LogP contribution in [0.4, 0.5) is 0 Å². The number of allylic oxidation sites excluding steroid dienone is 1. The van der Waals surface area contributed by atoms with Gasteiger partial charge in [0.15, 0.2) is 0 Å². The fourth-order valence-electron chi connectivity index (χ4n) is 2.73. The highest BCUT2D eigenvalue weighted by Crippen LogP contribution is 2.19. The largest absolute Gasteiger partial charge is 0.497 e. The SMILES string of the molecule is COc1ccc(CC(=O)NCC(=O)NCCC2=CCCCC2)cc1. The van der Waals surface area contributed by atoms with Crippen molar-refractivity contribution in [3.05, 3.63) is 41.5 Å². The molecule has 1 aromatic carbocycles. The highest BCUT2D eigenvalue weighted by Gasteiger charge is 2.08. The molecule has 0 heterocycles. The lowest BCUT2D eigenvalue weighted by Gasteiger charge is -2.13. The smallest absolute Gasteiger partial charge is 0.239 e. The Morgan fingerprint density at radius 3 is 2.54 bits per heavy atom. The Morgan fingerprint density at radius 1 is 1.08 bits per heavy atom. The zero-order valence-corrected chi connectivity index (χ0v) is 14.3. The zero-order chi connectivity index (χ0) is 17.2. The van der Waals surface area contributed by atoms with Gasteiger partial charge in [0, 0.05) is 6.54 Å². The van der Waals surface area contributed by atoms with E-state index in [1.54, 1.807) is 7.11 Å². The number of rotatable bonds is 8. The van der Waals surface area contributed by atoms with Crippen LogP contribution in [-0.4, -0.2) is 32.0 Å². The molecule has 24 heavy (non-hydrogen) atoms. The second-order valence-electron chi connectivity index (χ2n) is 6.01. The lowest BCUT2D eigenvalue weighted by atomic mass is 9.97. The monoisotopic (exact) mass is 330 g/mol. The van der Waals surface area contributed by atoms with Crippen molar-refractivity contribution >= 4 is 11.8 Å². The molecule has 5 heteroatoms. The maximum atomic E-state index is 11.9. The van der Waals surface area contributed by atoms with Crippen LogP contribution in [0.1, 0.15) is 37.7 Å². The molecule has 0 atom stereocenters. The minimum absolute atomic E-state index is 0.0219. The number of hydrogen-bond donors (Lipinski definition) is 2. The lowest BCUT2D eigenvalue weighted by Crippen LogP contribution is -2.38. The maximum Gasteiger partial charge on any atom is 0.239 e. The molecule has 0 aliphatic heterocycles. The van der Waals surface area contributed by atoms with Gasteiger partial charge in [-0.25, -0.2) is 0 Å². The van der Waals surface area contributed by atoms with Crippen LogP contribution >= 0.6 is 0 Å². The van der Waals surface area contributed by atoms with Crippen LogP contribution < -0.4 is 15.4 Å². The minimum Gasteiger partial charge on any atom is -0.497 e. The van der Waals surface area contributed by atoms with Gasteiger partial charge in [0.05, 0.1) is 20.1 Å². The van der Waals surface area contributed by atoms with Crippen molar-refractivity contribution < 1.29 is 14.3 Å². The van der Waals surface area contributed by atoms with E-state index in [1.807, 2.05) is 24.3 Å². The molecule has 5 nitrogen and oxygen atoms in total. The van der Waals surface area contributed by atoms with Gasteiger partial charge in [-0.15, -0.1) is 0 Å². The molecule has 0 unspecified atom stereocenters. The van der Waals surface area contributed by atoms with Gasteiger partial charge < -0.3 is 15.4 Å². The van der Waals surface area contributed by atoms with E-state index in [4.69, 9.17) is 4.74 Å². The first kappa shape index (κ1) is 18.0. The Bertz CT molecular complexity index is 579. The van der Waals surface area contributed by atoms with Gasteiger partial charge in [0.1, 0.15) is 5.75 Å². The molecule has 0 aromatic heterocycles. The fourth-order valence-corrected chi connectivity index (χ4v) is 2.73. The zero-order valence-electron chi connectivity index (χ0n) is 14.3. The number of carbonyl (C=O) groups is 2. The summed E-state index contributed by atoms with van der Waals surface area (Å²) >= 11 is 0. The van der Waals surface area contributed by atoms with E-state index in [1.165, 1.54) is 18.4 Å². The Labute approximate surface area is 143 Å². The summed E-state index contributed by atoms with van der Waals surface area (Å²) in [7, 11) is 1.60. The lowest BCUT2D eigenvalue weighted by molar-refractivity contribution is -0.125. The molecule has 130 valence electrons. The summed E-state index contributed by atoms with van der Waals surface area (Å²) in [6.45, 7) is 0.660. The standard InChI is InChI=1S/C19H26N2O3/c1-24-17-9-7-16(8-10-17)13-18(22)21-14-19(23)20-12-11-15-5-3-2-4-6-15/h5,7-10H,2-4,6,11-14H2,1H3,(H,20,23)(H,21,22). The van der Waals surface area contributed by atoms with Crippen molar-refractivity contribution in [2.75, 3.05) is 20.2 Å². The summed E-state index contributed by atoms with van der Waals surface area (Å²) in [5.74, 6) is 0.450. The van der Waals surface area contributed by atoms with Gasteiger partial charge in [0.25, 0.3) is 0 Å². The number of hydrogen-bond acceptors (Lipinski definition) is 3. The van der Waals surface area contributed by atoms with Crippen molar-refractivity contribution in [3.8, 4) is 5.75 Å². The molecule has 1 aliphatic rings. The summed E-state index contributed by atoms with van der Waals surface area (Å²) in [4.78, 5) is 23.6. The highest BCUT2D eigenvalue weighted by molar-refractivity contribution is 5.85. The first-order chi connectivity index (χ1) is 11.7. The molecule has 0 spiro atoms. The topological polar surface area (TPSA) is 67.4 Å². The van der Waals surface area contributed by atoms with Crippen LogP contribution in [0.25, 0.3) is 0 Å². The number of nitrogens with one attached hydrogen (secondary N) is 2. The van der Waals surface area contributed by atoms with Gasteiger partial charge in [-0.3, -0.25) is 9.59 Å². The van der Waals surface area contributed by atoms with Crippen LogP contribution in [0.15, 0.2) is 35.9 Å². The second-order valence-corrected chi connectivity index (χ2v) is 6.01. The first-order valence-corrected chi connectivity index (χ1v) is 8.51. The van der Waals surface area contributed by atoms with Gasteiger partial charge in [-0.05, 0) is 49.8 Å². The Kier molecular flexibility index (Phi) is 7.33. The third kappa shape index (κ3) is 6.44. The van der Waals surface area contributed by atoms with Crippen LogP contribution in [0.3, 0.4) is 0 Å². The summed E-state index contributed by atoms with van der Waals surface area (Å²) < 4.78 is 5.08. The molecule has 0 saturated carbocycles. The molecular formula is C19H26N2O3. The summed E-state index contributed by atoms with van der Waals surface area (Å²) in [6, 6.07) is 7.32. The molecular weight excluding hydrogens is 304 g/mol. The van der Waals surface area contributed by atoms with E-state index in [-0.39, 0.29) is 24.8 Å². The van der Waals surface area contributed by atoms with E-state index >= 15 is 0 Å². The van der Waals surface area contributed by atoms with Crippen LogP contribution in [0.5, 0.6) is 5.75 Å². The number of methoxy groups -OCH3 is 1. The van der Waals surface area contributed by atoms with Crippen molar-refractivity contribution in [2.45, 2.75) is 38.5 Å². The highest BCUT2D eigenvalue weighted by atomic mass is 16.5. The Balaban J connectivity index is 1.61. The molecule has 0 saturated heterocycles. The first-order valence-electron chi connectivity index (χ1n) is 8.51. The fraction of sp³-hybridized carbons (Fsp3) is 0.474. The molecule has 2 rings (SSSR count). The van der Waals surface area contributed by atoms with Crippen molar-refractivity contribution in [3.63, 3.8) is 0 Å². The predicted molar refractivity (Wildman–Crippen MR) is 93.9 cm³/mol. The summed E-state index contributed by atoms with van der Waals surface area (Å²) in [5, 5.41) is 5.50. The van der Waals surface area contributed by atoms with E-state index in [0.29, 0.717) is 6.54 Å². The van der Waals surface area contributed by atoms with Gasteiger partial charge in [-0.1, -0.05) is 23.8 Å². The second kappa shape index (κ2) is 9.75. The molecule has 0 bridgehead atoms. The number of carbonyl (C=O) groups excluding carboxylic acids is 2. The molecule has 0 radical (unpaired) electrons. The van der Waals surface area contributed by atoms with E-state index < -0.39 is 0 Å². The van der Waals surface area contributed by atoms with Gasteiger partial charge >= 0.3 is 0 Å². The molecule has 1 aromatic rings. The normalized spacial score (nSPS) is 13.8. The predicted octanol–water partition coefficient (Wildman–Crippen LogP) is 2.36. The number of amides is 2. The van der Waals surface area contributed by atoms with Crippen molar-refractivity contribution in [1.29, 1.82) is 0 Å². The molecule has 2 N–H and O–H groups in total. The van der Waals surface area contributed by atoms with E-state index in [2.05, 4.69) is 16.7 Å². The summed E-state index contributed by atoms with van der Waals surface area (Å²) in [6.07, 6.45) is 8.28. The number of ether oxygens (including phenoxy) is 1. The average molecular weight is 330 g/mol. The van der Waals surface area contributed by atoms with E-state index in [9.17, 15) is 9.59 Å². The molecule has 1 aliphatic carbocycles. The Morgan fingerprint density at radius 2 is 1.88 bits per heavy atom. The number of benzene rings is 1. The third-order valence-corrected chi connectivity index (χ3v) is 4.12. The average Bonchev–Trinajstić information content (AvgIpc) is 2.61. The van der Waals surface area contributed by atoms with E-state index in [0.717, 1.165) is 30.6 Å². The van der Waals surface area contributed by atoms with Crippen LogP contribution in [0, 0.1) is 0 Å². The van der Waals surface area contributed by atoms with Crippen molar-refractivity contribution in [1.82, 2.24) is 10.6 Å². The van der Waals surface area contributed by atoms with Crippen LogP contribution in [0.2, 0.25) is 0 Å². The maximum absolute atomic E-state index is 11.9. The van der Waals surface area contributed by atoms with Crippen molar-refractivity contribution in [2.24, 2.45) is 0 Å². The third-order valence-electron chi connectivity index (χ3n) is 4.12.